The Morgan fingerprint density at radius 3 is 2.60 bits per heavy atom. The molecule has 0 bridgehead atoms. The van der Waals surface area contributed by atoms with Crippen LogP contribution in [-0.2, 0) is 19.1 Å². The number of nitrogens with one attached hydrogen (secondary N) is 1. The molecular formula is C9H10NO5-. The molecule has 0 aromatic heterocycles. The molecule has 0 aromatic rings. The van der Waals surface area contributed by atoms with Crippen LogP contribution in [0.4, 0.5) is 0 Å². The first-order valence-electron chi connectivity index (χ1n) is 4.27. The van der Waals surface area contributed by atoms with Crippen molar-refractivity contribution in [3.63, 3.8) is 0 Å². The highest BCUT2D eigenvalue weighted by atomic mass is 16.5. The molecule has 0 unspecified atom stereocenters. The summed E-state index contributed by atoms with van der Waals surface area (Å²) < 4.78 is 4.46. The zero-order chi connectivity index (χ0) is 11.6. The van der Waals surface area contributed by atoms with Crippen LogP contribution in [0.5, 0.6) is 0 Å². The summed E-state index contributed by atoms with van der Waals surface area (Å²) in [5, 5.41) is 12.8. The van der Waals surface area contributed by atoms with Crippen LogP contribution in [0.1, 0.15) is 13.3 Å². The molecule has 1 rings (SSSR count). The third-order valence-corrected chi connectivity index (χ3v) is 2.16. The highest BCUT2D eigenvalue weighted by molar-refractivity contribution is 6.03. The van der Waals surface area contributed by atoms with E-state index in [2.05, 4.69) is 10.1 Å². The van der Waals surface area contributed by atoms with Crippen LogP contribution < -0.4 is 10.4 Å². The monoisotopic (exact) mass is 212 g/mol. The minimum absolute atomic E-state index is 0.0618. The standard InChI is InChI=1S/C9H11NO5/c1-4-7(9(14)15-2)5(3-6(11)12)8(13)10-4/h5H,3H2,1-2H3,(H,10,13)(H,11,12)/p-1/t5-/m0/s1. The van der Waals surface area contributed by atoms with Gasteiger partial charge in [0.15, 0.2) is 0 Å². The van der Waals surface area contributed by atoms with E-state index in [1.165, 1.54) is 14.0 Å². The number of carboxylic acids is 1. The molecular weight excluding hydrogens is 202 g/mol. The van der Waals surface area contributed by atoms with Gasteiger partial charge in [0.05, 0.1) is 18.6 Å². The quantitative estimate of drug-likeness (QED) is 0.564. The number of rotatable bonds is 3. The molecule has 6 heteroatoms. The van der Waals surface area contributed by atoms with Gasteiger partial charge in [-0.3, -0.25) is 4.79 Å². The lowest BCUT2D eigenvalue weighted by Gasteiger charge is -2.11. The highest BCUT2D eigenvalue weighted by Crippen LogP contribution is 2.25. The number of carbonyl (C=O) groups is 3. The SMILES string of the molecule is COC(=O)C1=C(C)NC(=O)[C@H]1CC(=O)[O-]. The summed E-state index contributed by atoms with van der Waals surface area (Å²) in [6, 6.07) is 0. The van der Waals surface area contributed by atoms with Crippen LogP contribution in [0, 0.1) is 5.92 Å². The highest BCUT2D eigenvalue weighted by Gasteiger charge is 2.36. The van der Waals surface area contributed by atoms with Gasteiger partial charge in [-0.05, 0) is 6.92 Å². The van der Waals surface area contributed by atoms with Crippen molar-refractivity contribution in [1.29, 1.82) is 0 Å². The van der Waals surface area contributed by atoms with E-state index in [9.17, 15) is 19.5 Å². The van der Waals surface area contributed by atoms with Crippen LogP contribution in [0.25, 0.3) is 0 Å². The first-order valence-corrected chi connectivity index (χ1v) is 4.27. The zero-order valence-electron chi connectivity index (χ0n) is 8.33. The lowest BCUT2D eigenvalue weighted by Crippen LogP contribution is -2.31. The van der Waals surface area contributed by atoms with Crippen molar-refractivity contribution in [2.75, 3.05) is 7.11 Å². The second-order valence-electron chi connectivity index (χ2n) is 3.15. The molecule has 6 nitrogen and oxygen atoms in total. The predicted octanol–water partition coefficient (Wildman–Crippen LogP) is -1.68. The minimum atomic E-state index is -1.38. The summed E-state index contributed by atoms with van der Waals surface area (Å²) in [6.45, 7) is 1.51. The number of hydrogen-bond acceptors (Lipinski definition) is 5. The van der Waals surface area contributed by atoms with E-state index in [0.717, 1.165) is 0 Å². The van der Waals surface area contributed by atoms with E-state index >= 15 is 0 Å². The van der Waals surface area contributed by atoms with Crippen molar-refractivity contribution in [3.05, 3.63) is 11.3 Å². The van der Waals surface area contributed by atoms with E-state index in [4.69, 9.17) is 0 Å². The summed E-state index contributed by atoms with van der Waals surface area (Å²) in [6.07, 6.45) is -0.520. The van der Waals surface area contributed by atoms with Crippen molar-refractivity contribution in [1.82, 2.24) is 5.32 Å². The number of allylic oxidation sites excluding steroid dienone is 1. The molecule has 1 aliphatic rings. The van der Waals surface area contributed by atoms with Gasteiger partial charge in [-0.1, -0.05) is 0 Å². The predicted molar refractivity (Wildman–Crippen MR) is 46.0 cm³/mol. The molecule has 0 saturated heterocycles. The topological polar surface area (TPSA) is 95.5 Å². The number of ether oxygens (including phenoxy) is 1. The van der Waals surface area contributed by atoms with Gasteiger partial charge in [-0.15, -0.1) is 0 Å². The summed E-state index contributed by atoms with van der Waals surface area (Å²) in [5.74, 6) is -3.61. The lowest BCUT2D eigenvalue weighted by molar-refractivity contribution is -0.306. The van der Waals surface area contributed by atoms with Crippen LogP contribution in [0.2, 0.25) is 0 Å². The molecule has 15 heavy (non-hydrogen) atoms. The summed E-state index contributed by atoms with van der Waals surface area (Å²) >= 11 is 0. The first kappa shape index (κ1) is 11.2. The Labute approximate surface area is 85.9 Å². The molecule has 1 heterocycles. The van der Waals surface area contributed by atoms with Gasteiger partial charge in [0.1, 0.15) is 0 Å². The Morgan fingerprint density at radius 2 is 2.13 bits per heavy atom. The van der Waals surface area contributed by atoms with Crippen molar-refractivity contribution in [3.8, 4) is 0 Å². The summed E-state index contributed by atoms with van der Waals surface area (Å²) in [5.41, 5.74) is 0.393. The van der Waals surface area contributed by atoms with Crippen LogP contribution in [-0.4, -0.2) is 25.0 Å². The molecule has 1 amide bonds. The number of esters is 1. The fourth-order valence-corrected chi connectivity index (χ4v) is 1.50. The Morgan fingerprint density at radius 1 is 1.53 bits per heavy atom. The van der Waals surface area contributed by atoms with Crippen molar-refractivity contribution < 1.29 is 24.2 Å². The van der Waals surface area contributed by atoms with Gasteiger partial charge < -0.3 is 20.0 Å². The molecule has 0 radical (unpaired) electrons. The fraction of sp³-hybridized carbons (Fsp3) is 0.444. The van der Waals surface area contributed by atoms with Gasteiger partial charge >= 0.3 is 5.97 Å². The Bertz CT molecular complexity index is 358. The molecule has 1 aliphatic heterocycles. The molecule has 0 aromatic carbocycles. The van der Waals surface area contributed by atoms with E-state index in [1.807, 2.05) is 0 Å². The van der Waals surface area contributed by atoms with Gasteiger partial charge in [-0.25, -0.2) is 4.79 Å². The van der Waals surface area contributed by atoms with Crippen LogP contribution in [0.3, 0.4) is 0 Å². The van der Waals surface area contributed by atoms with E-state index < -0.39 is 30.2 Å². The Balaban J connectivity index is 2.97. The number of carbonyl (C=O) groups excluding carboxylic acids is 3. The van der Waals surface area contributed by atoms with Crippen molar-refractivity contribution in [2.24, 2.45) is 5.92 Å². The third kappa shape index (κ3) is 2.15. The first-order chi connectivity index (χ1) is 6.97. The van der Waals surface area contributed by atoms with Crippen molar-refractivity contribution >= 4 is 17.8 Å². The fourth-order valence-electron chi connectivity index (χ4n) is 1.50. The number of carboxylic acid groups (broad SMARTS) is 1. The van der Waals surface area contributed by atoms with Gasteiger partial charge in [0.25, 0.3) is 0 Å². The Kier molecular flexibility index (Phi) is 3.08. The Hall–Kier alpha value is -1.85. The average molecular weight is 212 g/mol. The number of aliphatic carboxylic acids is 1. The van der Waals surface area contributed by atoms with Crippen LogP contribution >= 0.6 is 0 Å². The largest absolute Gasteiger partial charge is 0.550 e. The normalized spacial score (nSPS) is 20.1. The molecule has 1 N–H and O–H groups in total. The van der Waals surface area contributed by atoms with Crippen molar-refractivity contribution in [2.45, 2.75) is 13.3 Å². The van der Waals surface area contributed by atoms with Gasteiger partial charge in [-0.2, -0.15) is 0 Å². The van der Waals surface area contributed by atoms with Gasteiger partial charge in [0, 0.05) is 18.1 Å². The number of hydrogen-bond donors (Lipinski definition) is 1. The minimum Gasteiger partial charge on any atom is -0.550 e. The summed E-state index contributed by atoms with van der Waals surface area (Å²) in [4.78, 5) is 33.0. The van der Waals surface area contributed by atoms with Crippen LogP contribution in [0.15, 0.2) is 11.3 Å². The third-order valence-electron chi connectivity index (χ3n) is 2.16. The smallest absolute Gasteiger partial charge is 0.336 e. The van der Waals surface area contributed by atoms with E-state index in [0.29, 0.717) is 5.70 Å². The molecule has 0 spiro atoms. The lowest BCUT2D eigenvalue weighted by atomic mass is 9.97. The maximum absolute atomic E-state index is 11.3. The van der Waals surface area contributed by atoms with Gasteiger partial charge in [0.2, 0.25) is 5.91 Å². The molecule has 0 fully saturated rings. The second kappa shape index (κ2) is 4.12. The molecule has 0 aliphatic carbocycles. The molecule has 82 valence electrons. The average Bonchev–Trinajstić information content (AvgIpc) is 2.40. The van der Waals surface area contributed by atoms with E-state index in [1.54, 1.807) is 0 Å². The van der Waals surface area contributed by atoms with E-state index in [-0.39, 0.29) is 5.57 Å². The number of methoxy groups -OCH3 is 1. The molecule has 0 saturated carbocycles. The zero-order valence-corrected chi connectivity index (χ0v) is 8.33. The number of amides is 1. The molecule has 1 atom stereocenters. The maximum atomic E-state index is 11.3. The second-order valence-corrected chi connectivity index (χ2v) is 3.15. The maximum Gasteiger partial charge on any atom is 0.336 e. The summed E-state index contributed by atoms with van der Waals surface area (Å²) in [7, 11) is 1.17.